The first kappa shape index (κ1) is 13.8. The van der Waals surface area contributed by atoms with Gasteiger partial charge in [0, 0.05) is 19.6 Å². The minimum atomic E-state index is 0.243. The lowest BCUT2D eigenvalue weighted by Crippen LogP contribution is -2.37. The van der Waals surface area contributed by atoms with Gasteiger partial charge in [-0.2, -0.15) is 15.0 Å². The van der Waals surface area contributed by atoms with Crippen molar-refractivity contribution < 1.29 is 4.74 Å². The molecule has 1 aromatic rings. The van der Waals surface area contributed by atoms with Crippen molar-refractivity contribution >= 4 is 23.5 Å². The smallest absolute Gasteiger partial charge is 0.231 e. The van der Waals surface area contributed by atoms with Crippen LogP contribution in [0.1, 0.15) is 25.7 Å². The highest BCUT2D eigenvalue weighted by molar-refractivity contribution is 6.28. The Morgan fingerprint density at radius 1 is 1.20 bits per heavy atom. The summed E-state index contributed by atoms with van der Waals surface area (Å²) in [5.41, 5.74) is 0. The average Bonchev–Trinajstić information content (AvgIpc) is 2.42. The van der Waals surface area contributed by atoms with Gasteiger partial charge in [0.1, 0.15) is 0 Å². The highest BCUT2D eigenvalue weighted by Gasteiger charge is 2.18. The number of halogens is 1. The van der Waals surface area contributed by atoms with Gasteiger partial charge in [0.2, 0.25) is 17.2 Å². The second-order valence-corrected chi connectivity index (χ2v) is 5.68. The van der Waals surface area contributed by atoms with Crippen molar-refractivity contribution in [1.82, 2.24) is 15.0 Å². The number of hydrogen-bond donors (Lipinski definition) is 1. The lowest BCUT2D eigenvalue weighted by Gasteiger charge is -2.27. The Morgan fingerprint density at radius 2 is 2.00 bits per heavy atom. The number of morpholine rings is 1. The summed E-state index contributed by atoms with van der Waals surface area (Å²) in [5.74, 6) is 2.09. The molecule has 0 amide bonds. The molecule has 1 aromatic heterocycles. The molecule has 7 heteroatoms. The van der Waals surface area contributed by atoms with E-state index in [2.05, 4.69) is 25.2 Å². The molecule has 0 bridgehead atoms. The van der Waals surface area contributed by atoms with Crippen LogP contribution in [0.5, 0.6) is 0 Å². The summed E-state index contributed by atoms with van der Waals surface area (Å²) < 4.78 is 5.33. The molecular formula is C13H20ClN5O. The van der Waals surface area contributed by atoms with E-state index in [0.29, 0.717) is 25.1 Å². The van der Waals surface area contributed by atoms with E-state index in [1.807, 2.05) is 0 Å². The first-order valence-electron chi connectivity index (χ1n) is 7.29. The third kappa shape index (κ3) is 3.49. The van der Waals surface area contributed by atoms with Gasteiger partial charge >= 0.3 is 0 Å². The zero-order valence-electron chi connectivity index (χ0n) is 11.5. The fourth-order valence-electron chi connectivity index (χ4n) is 2.49. The van der Waals surface area contributed by atoms with Gasteiger partial charge in [-0.25, -0.2) is 0 Å². The molecule has 20 heavy (non-hydrogen) atoms. The first-order valence-corrected chi connectivity index (χ1v) is 7.67. The van der Waals surface area contributed by atoms with Crippen molar-refractivity contribution in [2.45, 2.75) is 25.7 Å². The molecule has 1 saturated carbocycles. The molecule has 2 fully saturated rings. The summed E-state index contributed by atoms with van der Waals surface area (Å²) >= 11 is 5.99. The van der Waals surface area contributed by atoms with Gasteiger partial charge in [0.15, 0.2) is 0 Å². The lowest BCUT2D eigenvalue weighted by molar-refractivity contribution is 0.122. The minimum Gasteiger partial charge on any atom is -0.378 e. The Labute approximate surface area is 123 Å². The molecule has 0 spiro atoms. The second kappa shape index (κ2) is 6.54. The van der Waals surface area contributed by atoms with Gasteiger partial charge in [-0.05, 0) is 23.9 Å². The number of hydrogen-bond acceptors (Lipinski definition) is 6. The third-order valence-electron chi connectivity index (χ3n) is 3.95. The van der Waals surface area contributed by atoms with Crippen LogP contribution in [-0.2, 0) is 4.74 Å². The van der Waals surface area contributed by atoms with Crippen LogP contribution in [0.4, 0.5) is 11.9 Å². The van der Waals surface area contributed by atoms with Gasteiger partial charge < -0.3 is 15.0 Å². The summed E-state index contributed by atoms with van der Waals surface area (Å²) in [5, 5.41) is 3.50. The van der Waals surface area contributed by atoms with Crippen molar-refractivity contribution in [2.75, 3.05) is 43.1 Å². The Kier molecular flexibility index (Phi) is 4.52. The average molecular weight is 298 g/mol. The predicted octanol–water partition coefficient (Wildman–Crippen LogP) is 1.96. The molecule has 0 atom stereocenters. The molecule has 1 N–H and O–H groups in total. The Morgan fingerprint density at radius 3 is 2.70 bits per heavy atom. The molecule has 2 aliphatic rings. The molecular weight excluding hydrogens is 278 g/mol. The zero-order chi connectivity index (χ0) is 13.8. The number of aromatic nitrogens is 3. The molecule has 1 saturated heterocycles. The van der Waals surface area contributed by atoms with E-state index in [1.165, 1.54) is 25.7 Å². The van der Waals surface area contributed by atoms with Gasteiger partial charge in [-0.15, -0.1) is 0 Å². The molecule has 0 radical (unpaired) electrons. The number of ether oxygens (including phenoxy) is 1. The molecule has 1 aliphatic carbocycles. The van der Waals surface area contributed by atoms with Crippen LogP contribution in [0.15, 0.2) is 0 Å². The van der Waals surface area contributed by atoms with Crippen molar-refractivity contribution in [1.29, 1.82) is 0 Å². The molecule has 0 aromatic carbocycles. The summed E-state index contributed by atoms with van der Waals surface area (Å²) in [6.45, 7) is 3.89. The topological polar surface area (TPSA) is 63.2 Å². The van der Waals surface area contributed by atoms with E-state index in [4.69, 9.17) is 16.3 Å². The maximum absolute atomic E-state index is 5.99. The maximum atomic E-state index is 5.99. The number of anilines is 2. The minimum absolute atomic E-state index is 0.243. The van der Waals surface area contributed by atoms with E-state index in [-0.39, 0.29) is 5.28 Å². The maximum Gasteiger partial charge on any atom is 0.231 e. The Hall–Kier alpha value is -1.14. The molecule has 110 valence electrons. The quantitative estimate of drug-likeness (QED) is 0.896. The van der Waals surface area contributed by atoms with E-state index in [9.17, 15) is 0 Å². The molecule has 3 rings (SSSR count). The van der Waals surface area contributed by atoms with Crippen molar-refractivity contribution in [2.24, 2.45) is 5.92 Å². The molecule has 2 heterocycles. The Balaban J connectivity index is 1.59. The van der Waals surface area contributed by atoms with E-state index < -0.39 is 0 Å². The Bertz CT molecular complexity index is 448. The largest absolute Gasteiger partial charge is 0.378 e. The normalized spacial score (nSPS) is 19.8. The monoisotopic (exact) mass is 297 g/mol. The van der Waals surface area contributed by atoms with Gasteiger partial charge in [0.25, 0.3) is 0 Å². The fourth-order valence-corrected chi connectivity index (χ4v) is 2.65. The first-order chi connectivity index (χ1) is 9.81. The highest BCUT2D eigenvalue weighted by Crippen LogP contribution is 2.29. The van der Waals surface area contributed by atoms with Crippen LogP contribution >= 0.6 is 11.6 Å². The number of nitrogens with one attached hydrogen (secondary N) is 1. The van der Waals surface area contributed by atoms with Gasteiger partial charge in [-0.1, -0.05) is 19.3 Å². The molecule has 0 unspecified atom stereocenters. The van der Waals surface area contributed by atoms with Crippen molar-refractivity contribution in [3.63, 3.8) is 0 Å². The predicted molar refractivity (Wildman–Crippen MR) is 78.3 cm³/mol. The summed E-state index contributed by atoms with van der Waals surface area (Å²) in [4.78, 5) is 14.9. The van der Waals surface area contributed by atoms with Crippen LogP contribution < -0.4 is 10.2 Å². The standard InChI is InChI=1S/C13H20ClN5O/c14-11-16-12(15-5-4-10-2-1-3-10)18-13(17-11)19-6-8-20-9-7-19/h10H,1-9H2,(H,15,16,17,18). The van der Waals surface area contributed by atoms with Crippen LogP contribution in [0, 0.1) is 5.92 Å². The zero-order valence-corrected chi connectivity index (χ0v) is 12.3. The molecule has 1 aliphatic heterocycles. The SMILES string of the molecule is Clc1nc(NCCC2CCC2)nc(N2CCOCC2)n1. The third-order valence-corrected chi connectivity index (χ3v) is 4.12. The van der Waals surface area contributed by atoms with Crippen LogP contribution in [0.3, 0.4) is 0 Å². The van der Waals surface area contributed by atoms with Crippen molar-refractivity contribution in [3.8, 4) is 0 Å². The highest BCUT2D eigenvalue weighted by atomic mass is 35.5. The lowest BCUT2D eigenvalue weighted by atomic mass is 9.83. The molecule has 6 nitrogen and oxygen atoms in total. The van der Waals surface area contributed by atoms with E-state index >= 15 is 0 Å². The van der Waals surface area contributed by atoms with Crippen LogP contribution in [0.2, 0.25) is 5.28 Å². The number of rotatable bonds is 5. The second-order valence-electron chi connectivity index (χ2n) is 5.34. The fraction of sp³-hybridized carbons (Fsp3) is 0.769. The van der Waals surface area contributed by atoms with Crippen LogP contribution in [0.25, 0.3) is 0 Å². The van der Waals surface area contributed by atoms with Gasteiger partial charge in [0.05, 0.1) is 13.2 Å². The van der Waals surface area contributed by atoms with Crippen molar-refractivity contribution in [3.05, 3.63) is 5.28 Å². The summed E-state index contributed by atoms with van der Waals surface area (Å²) in [6.07, 6.45) is 5.27. The van der Waals surface area contributed by atoms with Gasteiger partial charge in [-0.3, -0.25) is 0 Å². The van der Waals surface area contributed by atoms with E-state index in [0.717, 1.165) is 25.6 Å². The number of nitrogens with zero attached hydrogens (tertiary/aromatic N) is 4. The summed E-state index contributed by atoms with van der Waals surface area (Å²) in [6, 6.07) is 0. The summed E-state index contributed by atoms with van der Waals surface area (Å²) in [7, 11) is 0. The van der Waals surface area contributed by atoms with E-state index in [1.54, 1.807) is 0 Å². The van der Waals surface area contributed by atoms with Crippen LogP contribution in [-0.4, -0.2) is 47.8 Å².